The second-order valence-corrected chi connectivity index (χ2v) is 29.6. The van der Waals surface area contributed by atoms with E-state index in [2.05, 4.69) is 43.5 Å². The van der Waals surface area contributed by atoms with Gasteiger partial charge in [-0.3, -0.25) is 4.79 Å². The maximum absolute atomic E-state index is 13.5. The fourth-order valence-corrected chi connectivity index (χ4v) is 14.0. The molecule has 100 heavy (non-hydrogen) atoms. The molecular formula is C81H151NO18. The van der Waals surface area contributed by atoms with E-state index in [0.717, 1.165) is 38.5 Å². The lowest BCUT2D eigenvalue weighted by molar-refractivity contribution is -0.379. The van der Waals surface area contributed by atoms with Gasteiger partial charge in [0, 0.05) is 6.42 Å². The van der Waals surface area contributed by atoms with Crippen molar-refractivity contribution in [2.75, 3.05) is 26.4 Å². The molecule has 0 aliphatic carbocycles. The van der Waals surface area contributed by atoms with Crippen molar-refractivity contribution >= 4 is 5.91 Å². The van der Waals surface area contributed by atoms with Crippen molar-refractivity contribution in [3.8, 4) is 0 Å². The van der Waals surface area contributed by atoms with E-state index >= 15 is 0 Å². The third-order valence-electron chi connectivity index (χ3n) is 20.7. The number of allylic oxidation sites excluding steroid dienone is 5. The zero-order valence-corrected chi connectivity index (χ0v) is 62.9. The summed E-state index contributed by atoms with van der Waals surface area (Å²) in [5.41, 5.74) is 0. The van der Waals surface area contributed by atoms with Crippen LogP contribution in [0.25, 0.3) is 0 Å². The van der Waals surface area contributed by atoms with Gasteiger partial charge in [-0.25, -0.2) is 0 Å². The van der Waals surface area contributed by atoms with E-state index in [0.29, 0.717) is 12.8 Å². The fraction of sp³-hybridized carbons (Fsp3) is 0.914. The van der Waals surface area contributed by atoms with Crippen molar-refractivity contribution in [2.45, 2.75) is 446 Å². The van der Waals surface area contributed by atoms with Crippen LogP contribution in [-0.2, 0) is 33.2 Å². The molecule has 19 nitrogen and oxygen atoms in total. The third-order valence-corrected chi connectivity index (χ3v) is 20.7. The highest BCUT2D eigenvalue weighted by Gasteiger charge is 2.54. The molecule has 0 radical (unpaired) electrons. The Balaban J connectivity index is 1.38. The molecule has 17 atom stereocenters. The molecular weight excluding hydrogens is 1270 g/mol. The van der Waals surface area contributed by atoms with E-state index in [-0.39, 0.29) is 18.9 Å². The van der Waals surface area contributed by atoms with Gasteiger partial charge in [0.1, 0.15) is 73.2 Å². The van der Waals surface area contributed by atoms with Crippen LogP contribution in [0.15, 0.2) is 36.5 Å². The zero-order valence-electron chi connectivity index (χ0n) is 62.9. The van der Waals surface area contributed by atoms with Crippen LogP contribution in [0.3, 0.4) is 0 Å². The number of nitrogens with one attached hydrogen (secondary N) is 1. The number of aliphatic hydroxyl groups is 11. The average molecular weight is 1430 g/mol. The summed E-state index contributed by atoms with van der Waals surface area (Å²) in [5.74, 6) is -0.280. The van der Waals surface area contributed by atoms with E-state index in [9.17, 15) is 61.0 Å². The highest BCUT2D eigenvalue weighted by atomic mass is 16.8. The summed E-state index contributed by atoms with van der Waals surface area (Å²) >= 11 is 0. The minimum Gasteiger partial charge on any atom is -0.394 e. The van der Waals surface area contributed by atoms with Gasteiger partial charge in [0.05, 0.1) is 38.6 Å². The van der Waals surface area contributed by atoms with Crippen molar-refractivity contribution < 1.29 is 89.4 Å². The predicted octanol–water partition coefficient (Wildman–Crippen LogP) is 13.9. The molecule has 0 spiro atoms. The topological polar surface area (TPSA) is 307 Å². The van der Waals surface area contributed by atoms with Crippen molar-refractivity contribution in [1.29, 1.82) is 0 Å². The van der Waals surface area contributed by atoms with Crippen LogP contribution in [0.4, 0.5) is 0 Å². The van der Waals surface area contributed by atoms with Crippen LogP contribution in [0, 0.1) is 0 Å². The molecule has 0 aromatic heterocycles. The summed E-state index contributed by atoms with van der Waals surface area (Å²) in [6.07, 6.45) is 50.0. The molecule has 0 bridgehead atoms. The monoisotopic (exact) mass is 1430 g/mol. The van der Waals surface area contributed by atoms with Gasteiger partial charge in [0.15, 0.2) is 18.9 Å². The molecule has 1 amide bonds. The Kier molecular flexibility index (Phi) is 57.3. The standard InChI is InChI=1S/C81H151NO18/c1-3-5-7-9-11-13-15-17-19-21-23-25-27-29-30-31-32-33-35-36-38-40-42-44-46-48-50-52-54-56-58-65(86)64(82-69(87)59-57-55-53-51-49-47-45-43-41-39-37-34-28-26-24-22-20-18-16-14-12-10-8-6-4-2)63-95-79-75(93)72(90)77(67(61-84)97-79)100-81-76(94)73(91)78(68(62-85)98-81)99-80-74(92)71(89)70(88)66(60-83)96-80/h22,24,48,50,56,58,64-68,70-81,83-86,88-94H,3-21,23,25-47,49,51-55,57,59-63H2,1-2H3,(H,82,87)/b24-22-,50-48+,58-56+. The number of unbranched alkanes of at least 4 members (excludes halogenated alkanes) is 46. The summed E-state index contributed by atoms with van der Waals surface area (Å²) in [4.78, 5) is 13.5. The first-order chi connectivity index (χ1) is 48.8. The average Bonchev–Trinajstić information content (AvgIpc) is 0.783. The SMILES string of the molecule is CCCCCCCCCC/C=C\CCCCCCCCCCCCCCCC(=O)NC(COC1OC(CO)C(OC2OC(CO)C(OC3OC(CO)C(O)C(O)C3O)C(O)C2O)C(O)C1O)C(O)/C=C/CC/C=C/CCCCCCCCCCCCCCCCCCCCCCCCCC. The number of hydrogen-bond acceptors (Lipinski definition) is 18. The van der Waals surface area contributed by atoms with E-state index < -0.39 is 124 Å². The van der Waals surface area contributed by atoms with Crippen molar-refractivity contribution in [3.63, 3.8) is 0 Å². The number of hydrogen-bond donors (Lipinski definition) is 12. The third kappa shape index (κ3) is 41.8. The molecule has 3 fully saturated rings. The van der Waals surface area contributed by atoms with E-state index in [1.807, 2.05) is 6.08 Å². The first kappa shape index (κ1) is 92.2. The number of amides is 1. The van der Waals surface area contributed by atoms with Gasteiger partial charge in [0.25, 0.3) is 0 Å². The minimum absolute atomic E-state index is 0.237. The highest BCUT2D eigenvalue weighted by molar-refractivity contribution is 5.76. The van der Waals surface area contributed by atoms with Gasteiger partial charge in [0.2, 0.25) is 5.91 Å². The Labute approximate surface area is 606 Å². The summed E-state index contributed by atoms with van der Waals surface area (Å²) in [6, 6.07) is -0.991. The molecule has 19 heteroatoms. The molecule has 588 valence electrons. The van der Waals surface area contributed by atoms with E-state index in [1.165, 1.54) is 270 Å². The van der Waals surface area contributed by atoms with Crippen LogP contribution in [0.1, 0.15) is 341 Å². The molecule has 3 rings (SSSR count). The zero-order chi connectivity index (χ0) is 72.5. The smallest absolute Gasteiger partial charge is 0.220 e. The van der Waals surface area contributed by atoms with E-state index in [4.69, 9.17) is 28.4 Å². The Morgan fingerprint density at radius 3 is 1.00 bits per heavy atom. The molecule has 3 saturated heterocycles. The van der Waals surface area contributed by atoms with Crippen molar-refractivity contribution in [3.05, 3.63) is 36.5 Å². The minimum atomic E-state index is -1.98. The molecule has 3 aliphatic heterocycles. The van der Waals surface area contributed by atoms with Crippen molar-refractivity contribution in [2.24, 2.45) is 0 Å². The largest absolute Gasteiger partial charge is 0.394 e. The first-order valence-electron chi connectivity index (χ1n) is 41.2. The van der Waals surface area contributed by atoms with Crippen LogP contribution in [0.5, 0.6) is 0 Å². The van der Waals surface area contributed by atoms with Gasteiger partial charge in [-0.05, 0) is 57.8 Å². The van der Waals surface area contributed by atoms with Gasteiger partial charge in [-0.2, -0.15) is 0 Å². The Morgan fingerprint density at radius 2 is 0.640 bits per heavy atom. The molecule has 17 unspecified atom stereocenters. The number of ether oxygens (including phenoxy) is 6. The summed E-state index contributed by atoms with van der Waals surface area (Å²) < 4.78 is 34.5. The quantitative estimate of drug-likeness (QED) is 0.0199. The maximum Gasteiger partial charge on any atom is 0.220 e. The van der Waals surface area contributed by atoms with Gasteiger partial charge >= 0.3 is 0 Å². The molecule has 3 heterocycles. The summed E-state index contributed by atoms with van der Waals surface area (Å²) in [5, 5.41) is 121. The van der Waals surface area contributed by atoms with Crippen LogP contribution in [-0.4, -0.2) is 193 Å². The number of aliphatic hydroxyl groups excluding tert-OH is 11. The van der Waals surface area contributed by atoms with Gasteiger partial charge in [-0.1, -0.05) is 314 Å². The molecule has 3 aliphatic rings. The number of carbonyl (C=O) groups is 1. The van der Waals surface area contributed by atoms with E-state index in [1.54, 1.807) is 6.08 Å². The molecule has 0 aromatic carbocycles. The van der Waals surface area contributed by atoms with Crippen LogP contribution < -0.4 is 5.32 Å². The normalized spacial score (nSPS) is 26.6. The maximum atomic E-state index is 13.5. The Morgan fingerprint density at radius 1 is 0.350 bits per heavy atom. The second kappa shape index (κ2) is 62.1. The lowest BCUT2D eigenvalue weighted by Gasteiger charge is -2.48. The lowest BCUT2D eigenvalue weighted by atomic mass is 9.96. The lowest BCUT2D eigenvalue weighted by Crippen LogP contribution is -2.66. The first-order valence-corrected chi connectivity index (χ1v) is 41.2. The summed E-state index contributed by atoms with van der Waals surface area (Å²) in [7, 11) is 0. The van der Waals surface area contributed by atoms with Gasteiger partial charge < -0.3 is 89.9 Å². The van der Waals surface area contributed by atoms with Gasteiger partial charge in [-0.15, -0.1) is 0 Å². The van der Waals surface area contributed by atoms with Crippen LogP contribution >= 0.6 is 0 Å². The molecule has 0 aromatic rings. The van der Waals surface area contributed by atoms with Crippen LogP contribution in [0.2, 0.25) is 0 Å². The number of carbonyl (C=O) groups excluding carboxylic acids is 1. The second-order valence-electron chi connectivity index (χ2n) is 29.6. The van der Waals surface area contributed by atoms with Crippen molar-refractivity contribution in [1.82, 2.24) is 5.32 Å². The molecule has 0 saturated carbocycles. The number of rotatable bonds is 66. The Bertz CT molecular complexity index is 1950. The molecule has 12 N–H and O–H groups in total. The predicted molar refractivity (Wildman–Crippen MR) is 397 cm³/mol. The Hall–Kier alpha value is -1.99. The summed E-state index contributed by atoms with van der Waals surface area (Å²) in [6.45, 7) is 1.77. The fourth-order valence-electron chi connectivity index (χ4n) is 14.0. The highest BCUT2D eigenvalue weighted by Crippen LogP contribution is 2.33.